The summed E-state index contributed by atoms with van der Waals surface area (Å²) in [6.45, 7) is 6.37. The van der Waals surface area contributed by atoms with Gasteiger partial charge in [-0.15, -0.1) is 0 Å². The van der Waals surface area contributed by atoms with E-state index < -0.39 is 6.10 Å². The average molecular weight is 1050 g/mol. The van der Waals surface area contributed by atoms with Crippen LogP contribution in [0.15, 0.2) is 134 Å². The number of ether oxygens (including phenoxy) is 3. The second-order valence-electron chi connectivity index (χ2n) is 20.2. The van der Waals surface area contributed by atoms with Gasteiger partial charge in [0.15, 0.2) is 6.10 Å². The van der Waals surface area contributed by atoms with E-state index >= 15 is 0 Å². The Morgan fingerprint density at radius 2 is 0.513 bits per heavy atom. The number of unbranched alkanes of at least 4 members (excludes halogenated alkanes) is 22. The molecule has 0 heterocycles. The Kier molecular flexibility index (Phi) is 59.4. The van der Waals surface area contributed by atoms with Crippen LogP contribution in [0, 0.1) is 0 Å². The highest BCUT2D eigenvalue weighted by Gasteiger charge is 2.19. The Labute approximate surface area is 468 Å². The average Bonchev–Trinajstić information content (AvgIpc) is 3.42. The van der Waals surface area contributed by atoms with E-state index in [0.717, 1.165) is 141 Å². The van der Waals surface area contributed by atoms with Crippen LogP contribution in [0.5, 0.6) is 0 Å². The summed E-state index contributed by atoms with van der Waals surface area (Å²) in [5.74, 6) is -0.911. The molecule has 0 aromatic heterocycles. The third-order valence-corrected chi connectivity index (χ3v) is 12.9. The van der Waals surface area contributed by atoms with Crippen molar-refractivity contribution in [1.82, 2.24) is 0 Å². The predicted molar refractivity (Wildman–Crippen MR) is 329 cm³/mol. The molecule has 0 amide bonds. The van der Waals surface area contributed by atoms with Gasteiger partial charge >= 0.3 is 17.9 Å². The molecule has 1 atom stereocenters. The minimum absolute atomic E-state index is 0.0869. The minimum atomic E-state index is -0.790. The number of rotatable bonds is 55. The lowest BCUT2D eigenvalue weighted by molar-refractivity contribution is -0.167. The first-order valence-corrected chi connectivity index (χ1v) is 31.2. The van der Waals surface area contributed by atoms with Gasteiger partial charge in [0.1, 0.15) is 13.2 Å². The normalized spacial score (nSPS) is 13.0. The fraction of sp³-hybridized carbons (Fsp3) is 0.643. The van der Waals surface area contributed by atoms with Crippen LogP contribution in [0.3, 0.4) is 0 Å². The van der Waals surface area contributed by atoms with Crippen LogP contribution in [-0.4, -0.2) is 37.2 Å². The van der Waals surface area contributed by atoms with Gasteiger partial charge in [-0.2, -0.15) is 0 Å². The minimum Gasteiger partial charge on any atom is -0.462 e. The number of carbonyl (C=O) groups is 3. The summed E-state index contributed by atoms with van der Waals surface area (Å²) >= 11 is 0. The molecule has 0 aliphatic heterocycles. The summed E-state index contributed by atoms with van der Waals surface area (Å²) in [4.78, 5) is 38.1. The molecule has 0 saturated carbocycles. The van der Waals surface area contributed by atoms with Crippen molar-refractivity contribution in [2.24, 2.45) is 0 Å². The lowest BCUT2D eigenvalue weighted by Crippen LogP contribution is -2.30. The fourth-order valence-electron chi connectivity index (χ4n) is 8.30. The Bertz CT molecular complexity index is 1630. The van der Waals surface area contributed by atoms with Crippen molar-refractivity contribution < 1.29 is 28.6 Å². The van der Waals surface area contributed by atoms with Crippen molar-refractivity contribution in [3.05, 3.63) is 134 Å². The van der Waals surface area contributed by atoms with Crippen LogP contribution >= 0.6 is 0 Å². The van der Waals surface area contributed by atoms with Gasteiger partial charge in [-0.05, 0) is 116 Å². The number of allylic oxidation sites excluding steroid dienone is 22. The van der Waals surface area contributed by atoms with E-state index in [4.69, 9.17) is 14.2 Å². The van der Waals surface area contributed by atoms with Crippen LogP contribution in [-0.2, 0) is 28.6 Å². The number of hydrogen-bond acceptors (Lipinski definition) is 6. The Morgan fingerprint density at radius 3 is 0.803 bits per heavy atom. The van der Waals surface area contributed by atoms with E-state index in [1.807, 2.05) is 0 Å². The SMILES string of the molecule is CC/C=C\C/C=C\C/C=C\C/C=C\C/C=C\C/C=C\C/C=C\CCCCCCCCCC(=O)OCC(COC(=O)CCCCCCCCCC)OC(=O)CCCCCCCCCC/C=C\C/C=C\C/C=C\C/C=C\CC. The Balaban J connectivity index is 4.25. The van der Waals surface area contributed by atoms with E-state index in [-0.39, 0.29) is 31.1 Å². The van der Waals surface area contributed by atoms with E-state index in [0.29, 0.717) is 19.3 Å². The van der Waals surface area contributed by atoms with Gasteiger partial charge < -0.3 is 14.2 Å². The molecular formula is C70H114O6. The summed E-state index contributed by atoms with van der Waals surface area (Å²) < 4.78 is 16.8. The maximum Gasteiger partial charge on any atom is 0.306 e. The van der Waals surface area contributed by atoms with Gasteiger partial charge in [0, 0.05) is 19.3 Å². The Morgan fingerprint density at radius 1 is 0.276 bits per heavy atom. The molecule has 6 heteroatoms. The summed E-state index contributed by atoms with van der Waals surface area (Å²) in [7, 11) is 0. The van der Waals surface area contributed by atoms with Gasteiger partial charge in [0.05, 0.1) is 0 Å². The molecule has 0 aromatic carbocycles. The topological polar surface area (TPSA) is 78.9 Å². The molecule has 0 aliphatic carbocycles. The highest BCUT2D eigenvalue weighted by Crippen LogP contribution is 2.15. The van der Waals surface area contributed by atoms with Gasteiger partial charge in [-0.3, -0.25) is 14.4 Å². The zero-order valence-electron chi connectivity index (χ0n) is 49.2. The Hall–Kier alpha value is -4.45. The molecular weight excluding hydrogens is 937 g/mol. The number of hydrogen-bond donors (Lipinski definition) is 0. The third-order valence-electron chi connectivity index (χ3n) is 12.9. The second-order valence-corrected chi connectivity index (χ2v) is 20.2. The van der Waals surface area contributed by atoms with Crippen molar-refractivity contribution in [1.29, 1.82) is 0 Å². The van der Waals surface area contributed by atoms with Crippen LogP contribution in [0.1, 0.15) is 271 Å². The summed E-state index contributed by atoms with van der Waals surface area (Å²) in [6, 6.07) is 0. The predicted octanol–water partition coefficient (Wildman–Crippen LogP) is 21.4. The summed E-state index contributed by atoms with van der Waals surface area (Å²) in [5.41, 5.74) is 0. The maximum atomic E-state index is 12.9. The molecule has 0 spiro atoms. The highest BCUT2D eigenvalue weighted by molar-refractivity contribution is 5.71. The third kappa shape index (κ3) is 60.4. The molecule has 1 unspecified atom stereocenters. The molecule has 0 rings (SSSR count). The fourth-order valence-corrected chi connectivity index (χ4v) is 8.30. The highest BCUT2D eigenvalue weighted by atomic mass is 16.6. The summed E-state index contributed by atoms with van der Waals surface area (Å²) in [5, 5.41) is 0. The maximum absolute atomic E-state index is 12.9. The van der Waals surface area contributed by atoms with E-state index in [1.54, 1.807) is 0 Å². The van der Waals surface area contributed by atoms with Crippen LogP contribution in [0.4, 0.5) is 0 Å². The molecule has 0 N–H and O–H groups in total. The summed E-state index contributed by atoms with van der Waals surface area (Å²) in [6.07, 6.45) is 88.9. The molecule has 0 fully saturated rings. The van der Waals surface area contributed by atoms with E-state index in [2.05, 4.69) is 154 Å². The smallest absolute Gasteiger partial charge is 0.306 e. The molecule has 0 aromatic rings. The molecule has 430 valence electrons. The zero-order valence-corrected chi connectivity index (χ0v) is 49.2. The van der Waals surface area contributed by atoms with Crippen LogP contribution in [0.25, 0.3) is 0 Å². The standard InChI is InChI=1S/C70H114O6/c1-4-7-10-13-16-19-21-23-25-27-29-31-32-33-34-35-36-37-38-40-41-43-45-47-49-51-54-57-60-63-69(72)75-66-67(65-74-68(71)62-59-56-53-18-15-12-9-6-3)76-70(73)64-61-58-55-52-50-48-46-44-42-39-30-28-26-24-22-20-17-14-11-8-5-2/h7-8,10-11,16-17,19-20,23-26,29-31,33-34,36-37,39-41,67H,4-6,9,12-15,18,21-22,27-28,32,35,38,42-66H2,1-3H3/b10-7-,11-8-,19-16-,20-17-,25-23-,26-24-,31-29-,34-33-,37-36-,39-30-,41-40-. The molecule has 6 nitrogen and oxygen atoms in total. The van der Waals surface area contributed by atoms with Gasteiger partial charge in [0.2, 0.25) is 0 Å². The van der Waals surface area contributed by atoms with Crippen LogP contribution < -0.4 is 0 Å². The lowest BCUT2D eigenvalue weighted by Gasteiger charge is -2.18. The largest absolute Gasteiger partial charge is 0.462 e. The lowest BCUT2D eigenvalue weighted by atomic mass is 10.1. The molecule has 76 heavy (non-hydrogen) atoms. The molecule has 0 saturated heterocycles. The first kappa shape index (κ1) is 71.5. The number of carbonyl (C=O) groups excluding carboxylic acids is 3. The van der Waals surface area contributed by atoms with Crippen molar-refractivity contribution in [3.63, 3.8) is 0 Å². The van der Waals surface area contributed by atoms with Gasteiger partial charge in [-0.25, -0.2) is 0 Å². The van der Waals surface area contributed by atoms with E-state index in [1.165, 1.54) is 89.9 Å². The van der Waals surface area contributed by atoms with E-state index in [9.17, 15) is 14.4 Å². The second kappa shape index (κ2) is 63.1. The molecule has 0 bridgehead atoms. The zero-order chi connectivity index (χ0) is 55.0. The monoisotopic (exact) mass is 1050 g/mol. The number of esters is 3. The quantitative estimate of drug-likeness (QED) is 0.0261. The molecule has 0 aliphatic rings. The van der Waals surface area contributed by atoms with Crippen LogP contribution in [0.2, 0.25) is 0 Å². The van der Waals surface area contributed by atoms with Crippen molar-refractivity contribution in [2.75, 3.05) is 13.2 Å². The first-order valence-electron chi connectivity index (χ1n) is 31.2. The first-order chi connectivity index (χ1) is 37.5. The van der Waals surface area contributed by atoms with Gasteiger partial charge in [-0.1, -0.05) is 270 Å². The van der Waals surface area contributed by atoms with Crippen molar-refractivity contribution in [3.8, 4) is 0 Å². The molecule has 0 radical (unpaired) electrons. The van der Waals surface area contributed by atoms with Crippen molar-refractivity contribution in [2.45, 2.75) is 277 Å². The van der Waals surface area contributed by atoms with Gasteiger partial charge in [0.25, 0.3) is 0 Å². The van der Waals surface area contributed by atoms with Crippen molar-refractivity contribution >= 4 is 17.9 Å².